The maximum atomic E-state index is 12.6. The quantitative estimate of drug-likeness (QED) is 0.423. The van der Waals surface area contributed by atoms with Crippen LogP contribution in [0.25, 0.3) is 10.9 Å². The van der Waals surface area contributed by atoms with Gasteiger partial charge in [-0.15, -0.1) is 0 Å². The summed E-state index contributed by atoms with van der Waals surface area (Å²) in [6.45, 7) is 6.78. The highest BCUT2D eigenvalue weighted by atomic mass is 32.2. The lowest BCUT2D eigenvalue weighted by Gasteiger charge is -2.09. The Morgan fingerprint density at radius 3 is 2.77 bits per heavy atom. The van der Waals surface area contributed by atoms with E-state index in [1.807, 2.05) is 31.2 Å². The molecule has 2 aromatic carbocycles. The van der Waals surface area contributed by atoms with Gasteiger partial charge in [0, 0.05) is 22.2 Å². The molecule has 136 valence electrons. The summed E-state index contributed by atoms with van der Waals surface area (Å²) in [5.41, 5.74) is 5.18. The van der Waals surface area contributed by atoms with Crippen LogP contribution in [0.5, 0.6) is 5.75 Å². The number of nitrogens with one attached hydrogen (secondary N) is 1. The molecule has 1 aromatic heterocycles. The summed E-state index contributed by atoms with van der Waals surface area (Å²) in [6, 6.07) is 14.2. The number of carbonyl (C=O) groups excluding carboxylic acids is 1. The van der Waals surface area contributed by atoms with Crippen molar-refractivity contribution in [1.82, 2.24) is 4.98 Å². The van der Waals surface area contributed by atoms with Crippen LogP contribution in [0.15, 0.2) is 42.5 Å². The molecule has 0 radical (unpaired) electrons. The van der Waals surface area contributed by atoms with Crippen LogP contribution in [0.4, 0.5) is 0 Å². The molecule has 0 saturated carbocycles. The number of fused-ring (bicyclic) bond motifs is 1. The predicted octanol–water partition coefficient (Wildman–Crippen LogP) is 5.48. The maximum absolute atomic E-state index is 12.6. The number of Topliss-reactive ketones (excluding diaryl/α,β-unsaturated/α-hetero) is 1. The number of ketones is 1. The number of thioether (sulfide) groups is 1. The van der Waals surface area contributed by atoms with Crippen molar-refractivity contribution in [3.8, 4) is 5.75 Å². The Morgan fingerprint density at radius 1 is 1.12 bits per heavy atom. The van der Waals surface area contributed by atoms with Gasteiger partial charge >= 0.3 is 0 Å². The van der Waals surface area contributed by atoms with Crippen molar-refractivity contribution in [2.75, 3.05) is 18.1 Å². The lowest BCUT2D eigenvalue weighted by atomic mass is 10.1. The van der Waals surface area contributed by atoms with E-state index in [0.29, 0.717) is 12.4 Å². The van der Waals surface area contributed by atoms with Gasteiger partial charge in [-0.1, -0.05) is 30.3 Å². The van der Waals surface area contributed by atoms with E-state index in [-0.39, 0.29) is 5.78 Å². The normalized spacial score (nSPS) is 11.0. The smallest absolute Gasteiger partial charge is 0.175 e. The van der Waals surface area contributed by atoms with Gasteiger partial charge < -0.3 is 9.72 Å². The van der Waals surface area contributed by atoms with Gasteiger partial charge in [0.25, 0.3) is 0 Å². The standard InChI is InChI=1S/C22H25NO2S/c1-15-9-10-16(2)21(13-15)25-11-6-12-26-14-20(24)22-17(3)23-19-8-5-4-7-18(19)22/h4-5,7-10,13,23H,6,11-12,14H2,1-3H3. The van der Waals surface area contributed by atoms with Crippen LogP contribution in [-0.4, -0.2) is 28.9 Å². The highest BCUT2D eigenvalue weighted by molar-refractivity contribution is 7.99. The molecule has 0 aliphatic carbocycles. The number of para-hydroxylation sites is 1. The fourth-order valence-corrected chi connectivity index (χ4v) is 3.87. The average Bonchev–Trinajstić information content (AvgIpc) is 2.96. The summed E-state index contributed by atoms with van der Waals surface area (Å²) < 4.78 is 5.87. The molecule has 3 nitrogen and oxygen atoms in total. The summed E-state index contributed by atoms with van der Waals surface area (Å²) >= 11 is 1.68. The molecule has 1 heterocycles. The minimum atomic E-state index is 0.195. The first-order valence-electron chi connectivity index (χ1n) is 8.94. The van der Waals surface area contributed by atoms with Crippen LogP contribution >= 0.6 is 11.8 Å². The SMILES string of the molecule is Cc1ccc(C)c(OCCCSCC(=O)c2c(C)[nH]c3ccccc23)c1. The van der Waals surface area contributed by atoms with Crippen molar-refractivity contribution >= 4 is 28.4 Å². The molecule has 3 aromatic rings. The number of hydrogen-bond donors (Lipinski definition) is 1. The minimum absolute atomic E-state index is 0.195. The fraction of sp³-hybridized carbons (Fsp3) is 0.318. The summed E-state index contributed by atoms with van der Waals surface area (Å²) in [7, 11) is 0. The molecular formula is C22H25NO2S. The topological polar surface area (TPSA) is 42.1 Å². The second kappa shape index (κ2) is 8.45. The average molecular weight is 368 g/mol. The van der Waals surface area contributed by atoms with Gasteiger partial charge in [0.05, 0.1) is 12.4 Å². The van der Waals surface area contributed by atoms with Gasteiger partial charge in [-0.05, 0) is 56.2 Å². The second-order valence-electron chi connectivity index (χ2n) is 6.62. The molecule has 0 atom stereocenters. The van der Waals surface area contributed by atoms with Crippen LogP contribution in [0.3, 0.4) is 0 Å². The van der Waals surface area contributed by atoms with E-state index in [1.165, 1.54) is 5.56 Å². The van der Waals surface area contributed by atoms with Gasteiger partial charge in [-0.25, -0.2) is 0 Å². The zero-order valence-corrected chi connectivity index (χ0v) is 16.4. The van der Waals surface area contributed by atoms with Crippen molar-refractivity contribution in [3.63, 3.8) is 0 Å². The van der Waals surface area contributed by atoms with Crippen LogP contribution in [0.1, 0.15) is 33.6 Å². The molecule has 0 fully saturated rings. The zero-order chi connectivity index (χ0) is 18.5. The Hall–Kier alpha value is -2.20. The third-order valence-electron chi connectivity index (χ3n) is 4.44. The van der Waals surface area contributed by atoms with Gasteiger partial charge in [0.1, 0.15) is 5.75 Å². The number of carbonyl (C=O) groups is 1. The van der Waals surface area contributed by atoms with E-state index in [9.17, 15) is 4.79 Å². The summed E-state index contributed by atoms with van der Waals surface area (Å²) in [5, 5.41) is 1.02. The Balaban J connectivity index is 1.45. The Morgan fingerprint density at radius 2 is 1.92 bits per heavy atom. The van der Waals surface area contributed by atoms with Crippen LogP contribution in [0, 0.1) is 20.8 Å². The summed E-state index contributed by atoms with van der Waals surface area (Å²) in [6.07, 6.45) is 0.929. The third kappa shape index (κ3) is 4.31. The van der Waals surface area contributed by atoms with E-state index in [0.717, 1.165) is 45.6 Å². The first-order valence-corrected chi connectivity index (χ1v) is 10.1. The summed E-state index contributed by atoms with van der Waals surface area (Å²) in [5.74, 6) is 2.57. The van der Waals surface area contributed by atoms with Crippen LogP contribution < -0.4 is 4.74 Å². The highest BCUT2D eigenvalue weighted by Gasteiger charge is 2.15. The van der Waals surface area contributed by atoms with Crippen molar-refractivity contribution in [1.29, 1.82) is 0 Å². The molecule has 0 amide bonds. The van der Waals surface area contributed by atoms with E-state index in [4.69, 9.17) is 4.74 Å². The van der Waals surface area contributed by atoms with Gasteiger partial charge in [0.2, 0.25) is 0 Å². The van der Waals surface area contributed by atoms with Crippen LogP contribution in [-0.2, 0) is 0 Å². The van der Waals surface area contributed by atoms with Crippen LogP contribution in [0.2, 0.25) is 0 Å². The number of aryl methyl sites for hydroxylation is 3. The molecule has 0 aliphatic heterocycles. The van der Waals surface area contributed by atoms with E-state index in [1.54, 1.807) is 11.8 Å². The van der Waals surface area contributed by atoms with Gasteiger partial charge in [-0.3, -0.25) is 4.79 Å². The largest absolute Gasteiger partial charge is 0.493 e. The number of H-pyrrole nitrogens is 1. The Kier molecular flexibility index (Phi) is 6.04. The van der Waals surface area contributed by atoms with Crippen molar-refractivity contribution in [2.45, 2.75) is 27.2 Å². The molecule has 0 unspecified atom stereocenters. The van der Waals surface area contributed by atoms with Crippen molar-refractivity contribution in [2.24, 2.45) is 0 Å². The van der Waals surface area contributed by atoms with E-state index in [2.05, 4.69) is 37.0 Å². The molecule has 1 N–H and O–H groups in total. The maximum Gasteiger partial charge on any atom is 0.175 e. The van der Waals surface area contributed by atoms with Gasteiger partial charge in [-0.2, -0.15) is 11.8 Å². The lowest BCUT2D eigenvalue weighted by molar-refractivity contribution is 0.102. The Bertz CT molecular complexity index is 914. The predicted molar refractivity (Wildman–Crippen MR) is 111 cm³/mol. The first kappa shape index (κ1) is 18.6. The van der Waals surface area contributed by atoms with Gasteiger partial charge in [0.15, 0.2) is 5.78 Å². The third-order valence-corrected chi connectivity index (χ3v) is 5.48. The van der Waals surface area contributed by atoms with E-state index < -0.39 is 0 Å². The zero-order valence-electron chi connectivity index (χ0n) is 15.6. The number of aromatic nitrogens is 1. The summed E-state index contributed by atoms with van der Waals surface area (Å²) in [4.78, 5) is 15.9. The molecule has 0 aliphatic rings. The molecule has 26 heavy (non-hydrogen) atoms. The second-order valence-corrected chi connectivity index (χ2v) is 7.72. The molecule has 0 saturated heterocycles. The van der Waals surface area contributed by atoms with Crippen molar-refractivity contribution < 1.29 is 9.53 Å². The number of ether oxygens (including phenoxy) is 1. The minimum Gasteiger partial charge on any atom is -0.493 e. The molecule has 0 bridgehead atoms. The highest BCUT2D eigenvalue weighted by Crippen LogP contribution is 2.24. The molecule has 3 rings (SSSR count). The van der Waals surface area contributed by atoms with E-state index >= 15 is 0 Å². The van der Waals surface area contributed by atoms with Crippen molar-refractivity contribution in [3.05, 3.63) is 64.8 Å². The fourth-order valence-electron chi connectivity index (χ4n) is 3.08. The number of hydrogen-bond acceptors (Lipinski definition) is 3. The molecular weight excluding hydrogens is 342 g/mol. The monoisotopic (exact) mass is 367 g/mol. The number of rotatable bonds is 8. The number of aromatic amines is 1. The Labute approximate surface area is 159 Å². The first-order chi connectivity index (χ1) is 12.6. The molecule has 4 heteroatoms. The lowest BCUT2D eigenvalue weighted by Crippen LogP contribution is -2.06. The number of benzene rings is 2. The molecule has 0 spiro atoms.